The number of nitrogens with zero attached hydrogens (tertiary/aromatic N) is 4. The average molecular weight is 281 g/mol. The van der Waals surface area contributed by atoms with Gasteiger partial charge in [-0.05, 0) is 31.0 Å². The summed E-state index contributed by atoms with van der Waals surface area (Å²) in [6.45, 7) is 3.00. The van der Waals surface area contributed by atoms with Crippen molar-refractivity contribution >= 4 is 5.52 Å². The molecule has 21 heavy (non-hydrogen) atoms. The topological polar surface area (TPSA) is 47.1 Å². The Morgan fingerprint density at radius 3 is 3.29 bits per heavy atom. The van der Waals surface area contributed by atoms with Crippen molar-refractivity contribution in [3.05, 3.63) is 54.4 Å². The fourth-order valence-corrected chi connectivity index (χ4v) is 3.14. The van der Waals surface area contributed by atoms with Crippen molar-refractivity contribution in [3.8, 4) is 0 Å². The summed E-state index contributed by atoms with van der Waals surface area (Å²) in [6, 6.07) is 6.17. The minimum Gasteiger partial charge on any atom is -0.335 e. The standard InChI is InChI=1S/C16H19N5/c1-2-7-21-15(3-1)14(11-19-21)10-17-9-13-4-5-16-18-6-8-20(16)12-13/h1-3,6-8,11,13,17H,4-5,9-10,12H2/t13-/m1/s1. The molecule has 1 aliphatic heterocycles. The number of nitrogens with one attached hydrogen (secondary N) is 1. The van der Waals surface area contributed by atoms with E-state index >= 15 is 0 Å². The molecule has 0 amide bonds. The van der Waals surface area contributed by atoms with Crippen molar-refractivity contribution in [2.45, 2.75) is 25.9 Å². The highest BCUT2D eigenvalue weighted by Crippen LogP contribution is 2.18. The van der Waals surface area contributed by atoms with E-state index in [2.05, 4.69) is 38.3 Å². The molecule has 0 fully saturated rings. The second-order valence-electron chi connectivity index (χ2n) is 5.73. The first kappa shape index (κ1) is 12.6. The summed E-state index contributed by atoms with van der Waals surface area (Å²) in [6.07, 6.45) is 10.3. The number of pyridine rings is 1. The zero-order chi connectivity index (χ0) is 14.1. The number of rotatable bonds is 4. The number of imidazole rings is 1. The Kier molecular flexibility index (Phi) is 3.20. The van der Waals surface area contributed by atoms with Crippen LogP contribution in [0.2, 0.25) is 0 Å². The highest BCUT2D eigenvalue weighted by atomic mass is 15.2. The lowest BCUT2D eigenvalue weighted by molar-refractivity contribution is 0.347. The summed E-state index contributed by atoms with van der Waals surface area (Å²) in [5.74, 6) is 1.92. The zero-order valence-electron chi connectivity index (χ0n) is 11.9. The third kappa shape index (κ3) is 2.45. The Morgan fingerprint density at radius 1 is 1.29 bits per heavy atom. The molecule has 0 bridgehead atoms. The quantitative estimate of drug-likeness (QED) is 0.794. The van der Waals surface area contributed by atoms with Crippen molar-refractivity contribution < 1.29 is 0 Å². The molecule has 4 rings (SSSR count). The number of aromatic nitrogens is 4. The van der Waals surface area contributed by atoms with Gasteiger partial charge in [-0.25, -0.2) is 9.50 Å². The van der Waals surface area contributed by atoms with Gasteiger partial charge < -0.3 is 9.88 Å². The van der Waals surface area contributed by atoms with E-state index in [-0.39, 0.29) is 0 Å². The molecule has 1 aliphatic rings. The van der Waals surface area contributed by atoms with Crippen molar-refractivity contribution in [1.82, 2.24) is 24.5 Å². The zero-order valence-corrected chi connectivity index (χ0v) is 11.9. The van der Waals surface area contributed by atoms with Crippen LogP contribution in [0, 0.1) is 5.92 Å². The summed E-state index contributed by atoms with van der Waals surface area (Å²) in [5.41, 5.74) is 2.44. The maximum Gasteiger partial charge on any atom is 0.108 e. The average Bonchev–Trinajstić information content (AvgIpc) is 3.14. The first-order chi connectivity index (χ1) is 10.4. The van der Waals surface area contributed by atoms with Gasteiger partial charge in [0.05, 0.1) is 11.7 Å². The lowest BCUT2D eigenvalue weighted by atomic mass is 9.99. The number of hydrogen-bond acceptors (Lipinski definition) is 3. The van der Waals surface area contributed by atoms with E-state index in [4.69, 9.17) is 0 Å². The van der Waals surface area contributed by atoms with Crippen LogP contribution < -0.4 is 5.32 Å². The maximum atomic E-state index is 4.38. The Bertz CT molecular complexity index is 742. The van der Waals surface area contributed by atoms with Gasteiger partial charge in [0.15, 0.2) is 0 Å². The van der Waals surface area contributed by atoms with E-state index in [1.54, 1.807) is 0 Å². The van der Waals surface area contributed by atoms with Crippen LogP contribution in [0.15, 0.2) is 43.0 Å². The summed E-state index contributed by atoms with van der Waals surface area (Å²) < 4.78 is 4.21. The van der Waals surface area contributed by atoms with Gasteiger partial charge in [0, 0.05) is 43.7 Å². The van der Waals surface area contributed by atoms with E-state index in [0.717, 1.165) is 26.1 Å². The second kappa shape index (κ2) is 5.33. The van der Waals surface area contributed by atoms with E-state index in [1.165, 1.54) is 23.3 Å². The third-order valence-electron chi connectivity index (χ3n) is 4.29. The minimum absolute atomic E-state index is 0.688. The predicted molar refractivity (Wildman–Crippen MR) is 80.9 cm³/mol. The molecule has 4 heterocycles. The molecule has 5 nitrogen and oxygen atoms in total. The van der Waals surface area contributed by atoms with Crippen LogP contribution in [-0.2, 0) is 19.5 Å². The summed E-state index contributed by atoms with van der Waals surface area (Å²) >= 11 is 0. The molecule has 3 aromatic heterocycles. The molecular formula is C16H19N5. The Hall–Kier alpha value is -2.14. The van der Waals surface area contributed by atoms with Gasteiger partial charge in [0.25, 0.3) is 0 Å². The fraction of sp³-hybridized carbons (Fsp3) is 0.375. The van der Waals surface area contributed by atoms with Gasteiger partial charge in [0.2, 0.25) is 0 Å². The highest BCUT2D eigenvalue weighted by Gasteiger charge is 2.18. The maximum absolute atomic E-state index is 4.38. The van der Waals surface area contributed by atoms with Crippen LogP contribution in [0.1, 0.15) is 17.8 Å². The monoisotopic (exact) mass is 281 g/mol. The number of hydrogen-bond donors (Lipinski definition) is 1. The first-order valence-corrected chi connectivity index (χ1v) is 7.52. The molecule has 1 atom stereocenters. The molecule has 0 spiro atoms. The lowest BCUT2D eigenvalue weighted by Gasteiger charge is -2.24. The molecule has 0 unspecified atom stereocenters. The highest BCUT2D eigenvalue weighted by molar-refractivity contribution is 5.53. The molecule has 3 aromatic rings. The van der Waals surface area contributed by atoms with Gasteiger partial charge in [-0.1, -0.05) is 6.07 Å². The van der Waals surface area contributed by atoms with E-state index in [9.17, 15) is 0 Å². The van der Waals surface area contributed by atoms with Gasteiger partial charge in [-0.2, -0.15) is 5.10 Å². The molecular weight excluding hydrogens is 262 g/mol. The van der Waals surface area contributed by atoms with Gasteiger partial charge in [0.1, 0.15) is 5.82 Å². The van der Waals surface area contributed by atoms with Crippen molar-refractivity contribution in [1.29, 1.82) is 0 Å². The summed E-state index contributed by atoms with van der Waals surface area (Å²) in [7, 11) is 0. The van der Waals surface area contributed by atoms with E-state index in [0.29, 0.717) is 5.92 Å². The normalized spacial score (nSPS) is 18.0. The van der Waals surface area contributed by atoms with E-state index < -0.39 is 0 Å². The third-order valence-corrected chi connectivity index (χ3v) is 4.29. The van der Waals surface area contributed by atoms with Crippen LogP contribution in [0.3, 0.4) is 0 Å². The largest absolute Gasteiger partial charge is 0.335 e. The molecule has 0 saturated heterocycles. The Morgan fingerprint density at radius 2 is 2.29 bits per heavy atom. The minimum atomic E-state index is 0.688. The molecule has 1 N–H and O–H groups in total. The lowest BCUT2D eigenvalue weighted by Crippen LogP contribution is -2.29. The first-order valence-electron chi connectivity index (χ1n) is 7.52. The van der Waals surface area contributed by atoms with Crippen LogP contribution >= 0.6 is 0 Å². The van der Waals surface area contributed by atoms with Crippen LogP contribution in [0.5, 0.6) is 0 Å². The van der Waals surface area contributed by atoms with Crippen LogP contribution in [0.25, 0.3) is 5.52 Å². The Balaban J connectivity index is 1.36. The van der Waals surface area contributed by atoms with Crippen LogP contribution in [-0.4, -0.2) is 25.7 Å². The SMILES string of the molecule is c1ccn2ncc(CNC[C@H]3CCc4nccn4C3)c2c1. The Labute approximate surface area is 123 Å². The second-order valence-corrected chi connectivity index (χ2v) is 5.73. The predicted octanol–water partition coefficient (Wildman–Crippen LogP) is 1.88. The number of fused-ring (bicyclic) bond motifs is 2. The fourth-order valence-electron chi connectivity index (χ4n) is 3.14. The number of aryl methyl sites for hydroxylation is 1. The summed E-state index contributed by atoms with van der Waals surface area (Å²) in [5, 5.41) is 7.96. The van der Waals surface area contributed by atoms with E-state index in [1.807, 2.05) is 29.2 Å². The van der Waals surface area contributed by atoms with Crippen molar-refractivity contribution in [2.75, 3.05) is 6.54 Å². The van der Waals surface area contributed by atoms with Crippen LogP contribution in [0.4, 0.5) is 0 Å². The smallest absolute Gasteiger partial charge is 0.108 e. The molecule has 0 aromatic carbocycles. The van der Waals surface area contributed by atoms with Crippen molar-refractivity contribution in [2.24, 2.45) is 5.92 Å². The molecule has 0 radical (unpaired) electrons. The molecule has 108 valence electrons. The van der Waals surface area contributed by atoms with Gasteiger partial charge in [-0.3, -0.25) is 0 Å². The van der Waals surface area contributed by atoms with Gasteiger partial charge in [-0.15, -0.1) is 0 Å². The van der Waals surface area contributed by atoms with Gasteiger partial charge >= 0.3 is 0 Å². The molecule has 5 heteroatoms. The summed E-state index contributed by atoms with van der Waals surface area (Å²) in [4.78, 5) is 4.38. The molecule has 0 aliphatic carbocycles. The molecule has 0 saturated carbocycles. The van der Waals surface area contributed by atoms with Crippen molar-refractivity contribution in [3.63, 3.8) is 0 Å².